The average Bonchev–Trinajstić information content (AvgIpc) is 2.19. The number of hydrogen-bond acceptors (Lipinski definition) is 4. The summed E-state index contributed by atoms with van der Waals surface area (Å²) in [5.41, 5.74) is 5.47. The number of rotatable bonds is 5. The Balaban J connectivity index is 2.43. The van der Waals surface area contributed by atoms with Crippen LogP contribution < -0.4 is 5.73 Å². The number of likely N-dealkylation sites (tertiary alicyclic amines) is 1. The third-order valence-corrected chi connectivity index (χ3v) is 5.44. The molecule has 4 nitrogen and oxygen atoms in total. The minimum Gasteiger partial charge on any atom is -0.329 e. The summed E-state index contributed by atoms with van der Waals surface area (Å²) in [6.45, 7) is 5.23. The van der Waals surface area contributed by atoms with Crippen LogP contribution in [-0.4, -0.2) is 50.5 Å². The lowest BCUT2D eigenvalue weighted by atomic mass is 10.1. The van der Waals surface area contributed by atoms with E-state index >= 15 is 0 Å². The van der Waals surface area contributed by atoms with Gasteiger partial charge < -0.3 is 10.6 Å². The van der Waals surface area contributed by atoms with Gasteiger partial charge >= 0.3 is 0 Å². The lowest BCUT2D eigenvalue weighted by molar-refractivity contribution is 0.236. The van der Waals surface area contributed by atoms with Gasteiger partial charge in [0.25, 0.3) is 0 Å². The van der Waals surface area contributed by atoms with Crippen LogP contribution >= 0.6 is 0 Å². The Morgan fingerprint density at radius 1 is 1.33 bits per heavy atom. The molecule has 1 saturated heterocycles. The molecule has 90 valence electrons. The van der Waals surface area contributed by atoms with E-state index in [0.29, 0.717) is 12.3 Å². The minimum absolute atomic E-state index is 0.105. The summed E-state index contributed by atoms with van der Waals surface area (Å²) < 4.78 is 23.6. The van der Waals surface area contributed by atoms with Gasteiger partial charge in [-0.1, -0.05) is 6.92 Å². The monoisotopic (exact) mass is 234 g/mol. The van der Waals surface area contributed by atoms with Crippen LogP contribution in [0.3, 0.4) is 0 Å². The van der Waals surface area contributed by atoms with Crippen molar-refractivity contribution in [1.82, 2.24) is 4.90 Å². The number of piperidine rings is 1. The molecule has 2 N–H and O–H groups in total. The fourth-order valence-corrected chi connectivity index (χ4v) is 3.96. The van der Waals surface area contributed by atoms with Crippen LogP contribution in [0.4, 0.5) is 0 Å². The largest absolute Gasteiger partial charge is 0.329 e. The smallest absolute Gasteiger partial charge is 0.153 e. The van der Waals surface area contributed by atoms with Crippen molar-refractivity contribution in [1.29, 1.82) is 0 Å². The summed E-state index contributed by atoms with van der Waals surface area (Å²) in [4.78, 5) is 2.25. The Morgan fingerprint density at radius 2 is 1.93 bits per heavy atom. The second-order valence-corrected chi connectivity index (χ2v) is 6.60. The van der Waals surface area contributed by atoms with Crippen molar-refractivity contribution in [2.24, 2.45) is 5.73 Å². The predicted molar refractivity (Wildman–Crippen MR) is 62.6 cm³/mol. The molecular formula is C10H22N2O2S. The van der Waals surface area contributed by atoms with Crippen molar-refractivity contribution < 1.29 is 8.42 Å². The molecule has 1 fully saturated rings. The highest BCUT2D eigenvalue weighted by molar-refractivity contribution is 7.92. The molecule has 1 rings (SSSR count). The van der Waals surface area contributed by atoms with E-state index in [1.807, 2.05) is 6.92 Å². The zero-order valence-electron chi connectivity index (χ0n) is 9.48. The maximum absolute atomic E-state index is 11.8. The standard InChI is InChI=1S/C10H22N2O2S/c1-2-9-15(13,14)10-3-6-12(7-4-10)8-5-11/h10H,2-9,11H2,1H3. The summed E-state index contributed by atoms with van der Waals surface area (Å²) in [5.74, 6) is 0.342. The molecule has 0 amide bonds. The Kier molecular flexibility index (Phi) is 5.02. The molecule has 5 heteroatoms. The Bertz CT molecular complexity index is 269. The van der Waals surface area contributed by atoms with E-state index in [1.54, 1.807) is 0 Å². The van der Waals surface area contributed by atoms with Crippen molar-refractivity contribution in [3.05, 3.63) is 0 Å². The summed E-state index contributed by atoms with van der Waals surface area (Å²) >= 11 is 0. The van der Waals surface area contributed by atoms with Crippen LogP contribution in [0.5, 0.6) is 0 Å². The van der Waals surface area contributed by atoms with Crippen LogP contribution in [0.15, 0.2) is 0 Å². The maximum atomic E-state index is 11.8. The van der Waals surface area contributed by atoms with Gasteiger partial charge in [-0.15, -0.1) is 0 Å². The van der Waals surface area contributed by atoms with Crippen molar-refractivity contribution in [2.45, 2.75) is 31.4 Å². The van der Waals surface area contributed by atoms with Crippen LogP contribution in [0.1, 0.15) is 26.2 Å². The molecule has 0 aliphatic carbocycles. The second-order valence-electron chi connectivity index (χ2n) is 4.20. The molecule has 1 aliphatic heterocycles. The van der Waals surface area contributed by atoms with E-state index in [4.69, 9.17) is 5.73 Å². The summed E-state index contributed by atoms with van der Waals surface area (Å²) in [5, 5.41) is -0.105. The van der Waals surface area contributed by atoms with Crippen molar-refractivity contribution in [2.75, 3.05) is 31.9 Å². The molecule has 0 unspecified atom stereocenters. The fraction of sp³-hybridized carbons (Fsp3) is 1.00. The van der Waals surface area contributed by atoms with E-state index < -0.39 is 9.84 Å². The van der Waals surface area contributed by atoms with E-state index in [9.17, 15) is 8.42 Å². The first-order valence-corrected chi connectivity index (χ1v) is 7.45. The molecule has 0 aromatic carbocycles. The zero-order valence-corrected chi connectivity index (χ0v) is 10.3. The first kappa shape index (κ1) is 12.9. The van der Waals surface area contributed by atoms with Gasteiger partial charge in [0.2, 0.25) is 0 Å². The predicted octanol–water partition coefficient (Wildman–Crippen LogP) is 0.234. The molecule has 0 aromatic heterocycles. The second kappa shape index (κ2) is 5.82. The molecule has 0 aromatic rings. The quantitative estimate of drug-likeness (QED) is 0.740. The summed E-state index contributed by atoms with van der Waals surface area (Å²) in [6, 6.07) is 0. The van der Waals surface area contributed by atoms with Crippen LogP contribution in [0, 0.1) is 0 Å². The van der Waals surface area contributed by atoms with E-state index in [-0.39, 0.29) is 5.25 Å². The molecule has 0 bridgehead atoms. The number of nitrogens with two attached hydrogens (primary N) is 1. The van der Waals surface area contributed by atoms with Gasteiger partial charge in [0, 0.05) is 13.1 Å². The Hall–Kier alpha value is -0.130. The van der Waals surface area contributed by atoms with Gasteiger partial charge in [-0.25, -0.2) is 8.42 Å². The SMILES string of the molecule is CCCS(=O)(=O)C1CCN(CCN)CC1. The highest BCUT2D eigenvalue weighted by Gasteiger charge is 2.28. The van der Waals surface area contributed by atoms with Crippen molar-refractivity contribution in [3.8, 4) is 0 Å². The number of nitrogens with zero attached hydrogens (tertiary/aromatic N) is 1. The molecule has 1 heterocycles. The highest BCUT2D eigenvalue weighted by Crippen LogP contribution is 2.18. The summed E-state index contributed by atoms with van der Waals surface area (Å²) in [6.07, 6.45) is 2.29. The lowest BCUT2D eigenvalue weighted by Crippen LogP contribution is -2.41. The van der Waals surface area contributed by atoms with Crippen LogP contribution in [0.2, 0.25) is 0 Å². The van der Waals surface area contributed by atoms with Gasteiger partial charge in [-0.05, 0) is 32.4 Å². The van der Waals surface area contributed by atoms with Gasteiger partial charge in [-0.3, -0.25) is 0 Å². The van der Waals surface area contributed by atoms with E-state index in [1.165, 1.54) is 0 Å². The Labute approximate surface area is 92.7 Å². The normalized spacial score (nSPS) is 20.7. The number of hydrogen-bond donors (Lipinski definition) is 1. The maximum Gasteiger partial charge on any atom is 0.153 e. The zero-order chi connectivity index (χ0) is 11.3. The van der Waals surface area contributed by atoms with E-state index in [0.717, 1.165) is 38.9 Å². The molecule has 15 heavy (non-hydrogen) atoms. The van der Waals surface area contributed by atoms with Gasteiger partial charge in [0.05, 0.1) is 11.0 Å². The summed E-state index contributed by atoms with van der Waals surface area (Å²) in [7, 11) is -2.83. The fourth-order valence-electron chi connectivity index (χ4n) is 2.13. The van der Waals surface area contributed by atoms with Crippen LogP contribution in [0.25, 0.3) is 0 Å². The van der Waals surface area contributed by atoms with Gasteiger partial charge in [-0.2, -0.15) is 0 Å². The van der Waals surface area contributed by atoms with Crippen LogP contribution in [-0.2, 0) is 9.84 Å². The first-order chi connectivity index (χ1) is 7.10. The molecule has 1 aliphatic rings. The molecule has 0 spiro atoms. The van der Waals surface area contributed by atoms with E-state index in [2.05, 4.69) is 4.90 Å². The number of sulfone groups is 1. The minimum atomic E-state index is -2.83. The van der Waals surface area contributed by atoms with Crippen molar-refractivity contribution in [3.63, 3.8) is 0 Å². The van der Waals surface area contributed by atoms with Crippen molar-refractivity contribution >= 4 is 9.84 Å². The third-order valence-electron chi connectivity index (χ3n) is 2.98. The first-order valence-electron chi connectivity index (χ1n) is 5.74. The third kappa shape index (κ3) is 3.74. The molecular weight excluding hydrogens is 212 g/mol. The lowest BCUT2D eigenvalue weighted by Gasteiger charge is -2.31. The van der Waals surface area contributed by atoms with Gasteiger partial charge in [0.15, 0.2) is 9.84 Å². The Morgan fingerprint density at radius 3 is 2.40 bits per heavy atom. The highest BCUT2D eigenvalue weighted by atomic mass is 32.2. The van der Waals surface area contributed by atoms with Gasteiger partial charge in [0.1, 0.15) is 0 Å². The topological polar surface area (TPSA) is 63.4 Å². The molecule has 0 atom stereocenters. The molecule has 0 radical (unpaired) electrons. The molecule has 0 saturated carbocycles. The average molecular weight is 234 g/mol.